The van der Waals surface area contributed by atoms with Crippen LogP contribution in [0.2, 0.25) is 0 Å². The first-order valence-electron chi connectivity index (χ1n) is 12.6. The monoisotopic (exact) mass is 492 g/mol. The van der Waals surface area contributed by atoms with E-state index >= 15 is 0 Å². The molecule has 0 aliphatic carbocycles. The van der Waals surface area contributed by atoms with Gasteiger partial charge in [0.15, 0.2) is 0 Å². The zero-order chi connectivity index (χ0) is 25.5. The molecule has 1 atom stereocenters. The van der Waals surface area contributed by atoms with Crippen LogP contribution in [0.5, 0.6) is 5.75 Å². The molecule has 2 aromatic carbocycles. The molecule has 1 fully saturated rings. The van der Waals surface area contributed by atoms with E-state index in [0.29, 0.717) is 30.1 Å². The number of anilines is 1. The number of para-hydroxylation sites is 1. The van der Waals surface area contributed by atoms with Crippen molar-refractivity contribution < 1.29 is 19.1 Å². The number of hydrogen-bond donors (Lipinski definition) is 2. The molecule has 0 spiro atoms. The second-order valence-electron chi connectivity index (χ2n) is 9.27. The number of piperidine rings is 1. The fourth-order valence-electron chi connectivity index (χ4n) is 4.94. The highest BCUT2D eigenvalue weighted by atomic mass is 16.5. The van der Waals surface area contributed by atoms with Crippen LogP contribution in [0.25, 0.3) is 0 Å². The van der Waals surface area contributed by atoms with E-state index in [1.807, 2.05) is 31.3 Å². The normalized spacial score (nSPS) is 18.1. The molecule has 1 unspecified atom stereocenters. The van der Waals surface area contributed by atoms with Gasteiger partial charge in [-0.1, -0.05) is 30.3 Å². The lowest BCUT2D eigenvalue weighted by molar-refractivity contribution is -0.139. The molecule has 0 bridgehead atoms. The third kappa shape index (κ3) is 5.99. The lowest BCUT2D eigenvalue weighted by atomic mass is 9.95. The van der Waals surface area contributed by atoms with Crippen LogP contribution in [0, 0.1) is 0 Å². The Morgan fingerprint density at radius 3 is 2.47 bits per heavy atom. The van der Waals surface area contributed by atoms with Gasteiger partial charge < -0.3 is 25.0 Å². The number of urea groups is 1. The van der Waals surface area contributed by atoms with E-state index in [9.17, 15) is 9.59 Å². The Bertz CT molecular complexity index is 1090. The highest BCUT2D eigenvalue weighted by Crippen LogP contribution is 2.30. The molecule has 2 amide bonds. The molecule has 2 heterocycles. The Balaban J connectivity index is 1.61. The summed E-state index contributed by atoms with van der Waals surface area (Å²) in [4.78, 5) is 30.3. The third-order valence-corrected chi connectivity index (χ3v) is 6.65. The lowest BCUT2D eigenvalue weighted by Gasteiger charge is -2.33. The van der Waals surface area contributed by atoms with Crippen LogP contribution in [0.3, 0.4) is 0 Å². The van der Waals surface area contributed by atoms with Gasteiger partial charge in [-0.05, 0) is 62.6 Å². The zero-order valence-corrected chi connectivity index (χ0v) is 21.4. The molecular formula is C28H36N4O4. The topological polar surface area (TPSA) is 83.1 Å². The van der Waals surface area contributed by atoms with Crippen molar-refractivity contribution >= 4 is 17.7 Å². The Kier molecular flexibility index (Phi) is 8.48. The number of ether oxygens (including phenoxy) is 2. The number of amides is 2. The van der Waals surface area contributed by atoms with Crippen LogP contribution in [0.4, 0.5) is 10.5 Å². The minimum atomic E-state index is -0.618. The van der Waals surface area contributed by atoms with Crippen LogP contribution >= 0.6 is 0 Å². The first-order valence-corrected chi connectivity index (χ1v) is 12.6. The maximum atomic E-state index is 13.1. The number of nitrogens with one attached hydrogen (secondary N) is 2. The second kappa shape index (κ2) is 11.9. The molecule has 8 nitrogen and oxygen atoms in total. The van der Waals surface area contributed by atoms with Crippen LogP contribution in [-0.2, 0) is 16.1 Å². The molecule has 0 saturated carbocycles. The van der Waals surface area contributed by atoms with Gasteiger partial charge in [-0.15, -0.1) is 0 Å². The maximum Gasteiger partial charge on any atom is 0.338 e. The van der Waals surface area contributed by atoms with Gasteiger partial charge in [0.05, 0.1) is 25.3 Å². The van der Waals surface area contributed by atoms with E-state index in [-0.39, 0.29) is 12.6 Å². The molecule has 2 N–H and O–H groups in total. The molecule has 2 aliphatic rings. The fraction of sp³-hybridized carbons (Fsp3) is 0.429. The number of likely N-dealkylation sites (N-methyl/N-ethyl adjacent to an activating group) is 1. The number of benzene rings is 2. The number of hydrogen-bond acceptors (Lipinski definition) is 6. The Hall–Kier alpha value is -3.52. The predicted octanol–water partition coefficient (Wildman–Crippen LogP) is 3.99. The molecule has 192 valence electrons. The second-order valence-corrected chi connectivity index (χ2v) is 9.27. The van der Waals surface area contributed by atoms with Gasteiger partial charge in [0.1, 0.15) is 5.75 Å². The first kappa shape index (κ1) is 25.6. The van der Waals surface area contributed by atoms with E-state index in [2.05, 4.69) is 44.7 Å². The molecule has 2 aliphatic heterocycles. The van der Waals surface area contributed by atoms with Crippen molar-refractivity contribution in [3.05, 3.63) is 70.9 Å². The largest absolute Gasteiger partial charge is 0.497 e. The summed E-state index contributed by atoms with van der Waals surface area (Å²) >= 11 is 0. The Morgan fingerprint density at radius 1 is 1.06 bits per heavy atom. The average molecular weight is 493 g/mol. The Morgan fingerprint density at radius 2 is 1.78 bits per heavy atom. The van der Waals surface area contributed by atoms with Crippen molar-refractivity contribution in [1.82, 2.24) is 15.5 Å². The number of esters is 1. The summed E-state index contributed by atoms with van der Waals surface area (Å²) in [5.41, 5.74) is 4.24. The molecule has 0 aromatic heterocycles. The number of rotatable bonds is 9. The number of carbonyl (C=O) groups is 2. The molecule has 36 heavy (non-hydrogen) atoms. The minimum absolute atomic E-state index is 0.248. The van der Waals surface area contributed by atoms with Gasteiger partial charge >= 0.3 is 12.0 Å². The summed E-state index contributed by atoms with van der Waals surface area (Å²) in [7, 11) is 3.60. The minimum Gasteiger partial charge on any atom is -0.497 e. The standard InChI is InChI=1S/C28H36N4O4/c1-4-36-27(33)25-23(29-28(34)30-26(25)20-12-14-22(35-3)15-13-20)19-31(2)18-21-10-6-7-11-24(21)32-16-8-5-9-17-32/h6-7,10-15,26H,4-5,8-9,16-19H2,1-3H3,(H2,29,30,34). The van der Waals surface area contributed by atoms with Gasteiger partial charge in [0.25, 0.3) is 0 Å². The Labute approximate surface area is 213 Å². The average Bonchev–Trinajstić information content (AvgIpc) is 2.89. The molecule has 1 saturated heterocycles. The summed E-state index contributed by atoms with van der Waals surface area (Å²) in [6.45, 7) is 5.25. The summed E-state index contributed by atoms with van der Waals surface area (Å²) in [5.74, 6) is 0.260. The van der Waals surface area contributed by atoms with Gasteiger partial charge in [-0.25, -0.2) is 9.59 Å². The van der Waals surface area contributed by atoms with Crippen LogP contribution in [0.1, 0.15) is 43.4 Å². The van der Waals surface area contributed by atoms with Crippen molar-refractivity contribution in [3.8, 4) is 5.75 Å². The highest BCUT2D eigenvalue weighted by molar-refractivity contribution is 5.95. The highest BCUT2D eigenvalue weighted by Gasteiger charge is 2.34. The fourth-order valence-corrected chi connectivity index (χ4v) is 4.94. The van der Waals surface area contributed by atoms with Crippen molar-refractivity contribution in [3.63, 3.8) is 0 Å². The predicted molar refractivity (Wildman–Crippen MR) is 140 cm³/mol. The van der Waals surface area contributed by atoms with Crippen molar-refractivity contribution in [2.45, 2.75) is 38.8 Å². The summed E-state index contributed by atoms with van der Waals surface area (Å²) < 4.78 is 10.7. The smallest absolute Gasteiger partial charge is 0.338 e. The van der Waals surface area contributed by atoms with Gasteiger partial charge in [-0.2, -0.15) is 0 Å². The zero-order valence-electron chi connectivity index (χ0n) is 21.4. The first-order chi connectivity index (χ1) is 17.5. The molecular weight excluding hydrogens is 456 g/mol. The van der Waals surface area contributed by atoms with E-state index < -0.39 is 12.0 Å². The maximum absolute atomic E-state index is 13.1. The lowest BCUT2D eigenvalue weighted by Crippen LogP contribution is -2.48. The SMILES string of the molecule is CCOC(=O)C1=C(CN(C)Cc2ccccc2N2CCCCC2)NC(=O)NC1c1ccc(OC)cc1. The molecule has 0 radical (unpaired) electrons. The third-order valence-electron chi connectivity index (χ3n) is 6.65. The van der Waals surface area contributed by atoms with Crippen molar-refractivity contribution in [2.75, 3.05) is 45.3 Å². The van der Waals surface area contributed by atoms with Crippen LogP contribution < -0.4 is 20.3 Å². The quantitative estimate of drug-likeness (QED) is 0.515. The number of carbonyl (C=O) groups excluding carboxylic acids is 2. The molecule has 8 heteroatoms. The number of nitrogens with zero attached hydrogens (tertiary/aromatic N) is 2. The van der Waals surface area contributed by atoms with E-state index in [1.54, 1.807) is 14.0 Å². The number of methoxy groups -OCH3 is 1. The summed E-state index contributed by atoms with van der Waals surface area (Å²) in [6, 6.07) is 14.9. The summed E-state index contributed by atoms with van der Waals surface area (Å²) in [6.07, 6.45) is 3.71. The van der Waals surface area contributed by atoms with Crippen molar-refractivity contribution in [1.29, 1.82) is 0 Å². The van der Waals surface area contributed by atoms with E-state index in [1.165, 1.54) is 30.5 Å². The van der Waals surface area contributed by atoms with Crippen molar-refractivity contribution in [2.24, 2.45) is 0 Å². The molecule has 4 rings (SSSR count). The van der Waals surface area contributed by atoms with E-state index in [4.69, 9.17) is 9.47 Å². The van der Waals surface area contributed by atoms with E-state index in [0.717, 1.165) is 18.7 Å². The van der Waals surface area contributed by atoms with Gasteiger partial charge in [0.2, 0.25) is 0 Å². The van der Waals surface area contributed by atoms with Crippen LogP contribution in [0.15, 0.2) is 59.8 Å². The van der Waals surface area contributed by atoms with Gasteiger partial charge in [-0.3, -0.25) is 4.90 Å². The van der Waals surface area contributed by atoms with Gasteiger partial charge in [0, 0.05) is 37.6 Å². The van der Waals surface area contributed by atoms with Crippen LogP contribution in [-0.4, -0.2) is 57.3 Å². The summed E-state index contributed by atoms with van der Waals surface area (Å²) in [5, 5.41) is 5.76. The molecule has 2 aromatic rings.